The number of hydrogen-bond donors (Lipinski definition) is 1. The van der Waals surface area contributed by atoms with Crippen LogP contribution in [0.3, 0.4) is 0 Å². The molecule has 0 saturated carbocycles. The number of halogens is 3. The fourth-order valence-electron chi connectivity index (χ4n) is 3.34. The zero-order chi connectivity index (χ0) is 21.7. The molecule has 8 heteroatoms. The Bertz CT molecular complexity index is 878. The van der Waals surface area contributed by atoms with Gasteiger partial charge in [0.2, 0.25) is 5.91 Å². The summed E-state index contributed by atoms with van der Waals surface area (Å²) in [6.45, 7) is 7.06. The third-order valence-electron chi connectivity index (χ3n) is 5.06. The average Bonchev–Trinajstić information content (AvgIpc) is 3.15. The van der Waals surface area contributed by atoms with E-state index in [1.165, 1.54) is 29.0 Å². The maximum absolute atomic E-state index is 12.7. The van der Waals surface area contributed by atoms with Crippen molar-refractivity contribution in [3.63, 3.8) is 0 Å². The molecule has 0 bridgehead atoms. The van der Waals surface area contributed by atoms with Gasteiger partial charge in [-0.25, -0.2) is 4.98 Å². The van der Waals surface area contributed by atoms with Crippen LogP contribution in [0.1, 0.15) is 37.9 Å². The monoisotopic (exact) mass is 437 g/mol. The van der Waals surface area contributed by atoms with Crippen LogP contribution in [-0.4, -0.2) is 41.5 Å². The van der Waals surface area contributed by atoms with Crippen molar-refractivity contribution in [1.29, 1.82) is 0 Å². The number of carbonyl (C=O) groups excluding carboxylic acids is 1. The Morgan fingerprint density at radius 1 is 1.23 bits per heavy atom. The summed E-state index contributed by atoms with van der Waals surface area (Å²) in [7, 11) is 0. The summed E-state index contributed by atoms with van der Waals surface area (Å²) in [5.41, 5.74) is 1.87. The van der Waals surface area contributed by atoms with E-state index in [2.05, 4.69) is 35.1 Å². The van der Waals surface area contributed by atoms with Gasteiger partial charge in [0.25, 0.3) is 0 Å². The number of nitrogens with zero attached hydrogens (tertiary/aromatic N) is 2. The highest BCUT2D eigenvalue weighted by Crippen LogP contribution is 2.31. The molecule has 1 aromatic heterocycles. The van der Waals surface area contributed by atoms with E-state index in [-0.39, 0.29) is 18.4 Å². The van der Waals surface area contributed by atoms with Crippen LogP contribution in [0.2, 0.25) is 0 Å². The van der Waals surface area contributed by atoms with E-state index < -0.39 is 11.7 Å². The SMILES string of the molecule is CC(C)=CCN1CCC(NC(=O)Cc2csc(-c3ccc(C(F)(F)F)cc3)n2)CC1. The molecule has 0 spiro atoms. The minimum absolute atomic E-state index is 0.0676. The number of amides is 1. The molecule has 3 rings (SSSR count). The molecule has 2 aromatic rings. The number of likely N-dealkylation sites (tertiary alicyclic amines) is 1. The van der Waals surface area contributed by atoms with Crippen molar-refractivity contribution >= 4 is 17.2 Å². The van der Waals surface area contributed by atoms with E-state index >= 15 is 0 Å². The lowest BCUT2D eigenvalue weighted by molar-refractivity contribution is -0.137. The van der Waals surface area contributed by atoms with Crippen molar-refractivity contribution in [3.8, 4) is 10.6 Å². The molecule has 0 radical (unpaired) electrons. The first-order valence-electron chi connectivity index (χ1n) is 9.98. The van der Waals surface area contributed by atoms with Gasteiger partial charge in [0.05, 0.1) is 17.7 Å². The summed E-state index contributed by atoms with van der Waals surface area (Å²) >= 11 is 1.33. The number of allylic oxidation sites excluding steroid dienone is 1. The number of benzene rings is 1. The molecular weight excluding hydrogens is 411 g/mol. The molecule has 0 aliphatic carbocycles. The number of aromatic nitrogens is 1. The minimum Gasteiger partial charge on any atom is -0.353 e. The van der Waals surface area contributed by atoms with Gasteiger partial charge in [0.15, 0.2) is 0 Å². The highest BCUT2D eigenvalue weighted by molar-refractivity contribution is 7.13. The summed E-state index contributed by atoms with van der Waals surface area (Å²) in [6.07, 6.45) is -0.108. The Labute approximate surface area is 178 Å². The first-order valence-corrected chi connectivity index (χ1v) is 10.9. The first-order chi connectivity index (χ1) is 14.2. The first kappa shape index (κ1) is 22.5. The van der Waals surface area contributed by atoms with Gasteiger partial charge in [-0.05, 0) is 38.8 Å². The summed E-state index contributed by atoms with van der Waals surface area (Å²) in [5, 5.41) is 5.48. The molecule has 1 amide bonds. The Balaban J connectivity index is 1.49. The van der Waals surface area contributed by atoms with Crippen LogP contribution in [0, 0.1) is 0 Å². The lowest BCUT2D eigenvalue weighted by Crippen LogP contribution is -2.45. The number of hydrogen-bond acceptors (Lipinski definition) is 4. The maximum atomic E-state index is 12.7. The molecule has 2 heterocycles. The van der Waals surface area contributed by atoms with Gasteiger partial charge in [-0.1, -0.05) is 23.8 Å². The normalized spacial score (nSPS) is 15.8. The van der Waals surface area contributed by atoms with E-state index in [1.807, 2.05) is 0 Å². The van der Waals surface area contributed by atoms with Crippen molar-refractivity contribution in [1.82, 2.24) is 15.2 Å². The molecule has 1 saturated heterocycles. The Morgan fingerprint density at radius 3 is 2.50 bits per heavy atom. The predicted octanol–water partition coefficient (Wildman–Crippen LogP) is 4.92. The zero-order valence-electron chi connectivity index (χ0n) is 17.1. The van der Waals surface area contributed by atoms with Crippen molar-refractivity contribution in [2.75, 3.05) is 19.6 Å². The van der Waals surface area contributed by atoms with E-state index in [1.54, 1.807) is 5.38 Å². The molecule has 30 heavy (non-hydrogen) atoms. The third-order valence-corrected chi connectivity index (χ3v) is 6.00. The second kappa shape index (κ2) is 9.75. The Kier molecular flexibility index (Phi) is 7.31. The van der Waals surface area contributed by atoms with Crippen LogP contribution in [0.5, 0.6) is 0 Å². The summed E-state index contributed by atoms with van der Waals surface area (Å²) in [6, 6.07) is 5.09. The van der Waals surface area contributed by atoms with E-state index in [4.69, 9.17) is 0 Å². The van der Waals surface area contributed by atoms with Crippen molar-refractivity contribution in [3.05, 3.63) is 52.6 Å². The third kappa shape index (κ3) is 6.40. The predicted molar refractivity (Wildman–Crippen MR) is 113 cm³/mol. The second-order valence-corrected chi connectivity index (χ2v) is 8.68. The van der Waals surface area contributed by atoms with Crippen molar-refractivity contribution in [2.24, 2.45) is 0 Å². The maximum Gasteiger partial charge on any atom is 0.416 e. The zero-order valence-corrected chi connectivity index (χ0v) is 17.9. The number of alkyl halides is 3. The number of thiazole rings is 1. The Morgan fingerprint density at radius 2 is 1.90 bits per heavy atom. The second-order valence-electron chi connectivity index (χ2n) is 7.82. The minimum atomic E-state index is -4.35. The van der Waals surface area contributed by atoms with E-state index in [0.717, 1.165) is 44.6 Å². The van der Waals surface area contributed by atoms with Gasteiger partial charge in [-0.15, -0.1) is 11.3 Å². The highest BCUT2D eigenvalue weighted by Gasteiger charge is 2.30. The molecule has 1 aliphatic rings. The quantitative estimate of drug-likeness (QED) is 0.653. The average molecular weight is 438 g/mol. The van der Waals surface area contributed by atoms with Gasteiger partial charge in [0, 0.05) is 36.6 Å². The van der Waals surface area contributed by atoms with Crippen LogP contribution in [-0.2, 0) is 17.4 Å². The van der Waals surface area contributed by atoms with Gasteiger partial charge in [0.1, 0.15) is 5.01 Å². The molecule has 1 fully saturated rings. The highest BCUT2D eigenvalue weighted by atomic mass is 32.1. The molecule has 4 nitrogen and oxygen atoms in total. The van der Waals surface area contributed by atoms with Crippen LogP contribution in [0.15, 0.2) is 41.3 Å². The molecule has 1 N–H and O–H groups in total. The topological polar surface area (TPSA) is 45.2 Å². The lowest BCUT2D eigenvalue weighted by atomic mass is 10.0. The van der Waals surface area contributed by atoms with Gasteiger partial charge in [-0.2, -0.15) is 13.2 Å². The number of nitrogens with one attached hydrogen (secondary N) is 1. The van der Waals surface area contributed by atoms with Crippen LogP contribution in [0.4, 0.5) is 13.2 Å². The molecule has 0 atom stereocenters. The smallest absolute Gasteiger partial charge is 0.353 e. The molecule has 0 unspecified atom stereocenters. The summed E-state index contributed by atoms with van der Waals surface area (Å²) in [4.78, 5) is 19.2. The van der Waals surface area contributed by atoms with E-state index in [0.29, 0.717) is 16.3 Å². The fourth-order valence-corrected chi connectivity index (χ4v) is 4.16. The molecule has 1 aliphatic heterocycles. The van der Waals surface area contributed by atoms with Gasteiger partial charge >= 0.3 is 6.18 Å². The van der Waals surface area contributed by atoms with Crippen molar-refractivity contribution in [2.45, 2.75) is 45.3 Å². The standard InChI is InChI=1S/C22H26F3N3OS/c1-15(2)7-10-28-11-8-18(9-12-28)26-20(29)13-19-14-30-21(27-19)16-3-5-17(6-4-16)22(23,24)25/h3-7,14,18H,8-13H2,1-2H3,(H,26,29). The molecule has 162 valence electrons. The number of rotatable bonds is 6. The van der Waals surface area contributed by atoms with Gasteiger partial charge < -0.3 is 5.32 Å². The summed E-state index contributed by atoms with van der Waals surface area (Å²) in [5.74, 6) is -0.0676. The van der Waals surface area contributed by atoms with Gasteiger partial charge in [-0.3, -0.25) is 9.69 Å². The Hall–Kier alpha value is -2.19. The molecule has 1 aromatic carbocycles. The van der Waals surface area contributed by atoms with Crippen LogP contribution >= 0.6 is 11.3 Å². The largest absolute Gasteiger partial charge is 0.416 e. The number of piperidine rings is 1. The van der Waals surface area contributed by atoms with Crippen molar-refractivity contribution < 1.29 is 18.0 Å². The lowest BCUT2D eigenvalue weighted by Gasteiger charge is -2.31. The molecular formula is C22H26F3N3OS. The van der Waals surface area contributed by atoms with E-state index in [9.17, 15) is 18.0 Å². The fraction of sp³-hybridized carbons (Fsp3) is 0.455. The number of carbonyl (C=O) groups is 1. The van der Waals surface area contributed by atoms with Crippen LogP contribution in [0.25, 0.3) is 10.6 Å². The van der Waals surface area contributed by atoms with Crippen LogP contribution < -0.4 is 5.32 Å². The summed E-state index contributed by atoms with van der Waals surface area (Å²) < 4.78 is 38.1.